The van der Waals surface area contributed by atoms with Crippen molar-refractivity contribution in [2.75, 3.05) is 6.54 Å². The summed E-state index contributed by atoms with van der Waals surface area (Å²) in [5.74, 6) is 0. The van der Waals surface area contributed by atoms with Crippen LogP contribution in [0.2, 0.25) is 0 Å². The fourth-order valence-corrected chi connectivity index (χ4v) is 3.26. The topological polar surface area (TPSA) is 21.3 Å². The van der Waals surface area contributed by atoms with Crippen LogP contribution in [0.1, 0.15) is 37.6 Å². The van der Waals surface area contributed by atoms with Crippen LogP contribution >= 0.6 is 11.3 Å². The van der Waals surface area contributed by atoms with Gasteiger partial charge in [0, 0.05) is 21.7 Å². The molecule has 2 rings (SSSR count). The van der Waals surface area contributed by atoms with Crippen molar-refractivity contribution >= 4 is 21.4 Å². The molecule has 0 saturated heterocycles. The molecule has 1 aromatic heterocycles. The largest absolute Gasteiger partial charge is 0.374 e. The first-order valence-electron chi connectivity index (χ1n) is 7.04. The summed E-state index contributed by atoms with van der Waals surface area (Å²) in [4.78, 5) is 1.41. The highest BCUT2D eigenvalue weighted by Crippen LogP contribution is 2.32. The smallest absolute Gasteiger partial charge is 0.0737 e. The van der Waals surface area contributed by atoms with Crippen LogP contribution in [0.3, 0.4) is 0 Å². The van der Waals surface area contributed by atoms with Crippen LogP contribution in [-0.2, 0) is 17.9 Å². The fourth-order valence-electron chi connectivity index (χ4n) is 2.08. The van der Waals surface area contributed by atoms with Gasteiger partial charge in [-0.05, 0) is 38.3 Å². The van der Waals surface area contributed by atoms with Crippen LogP contribution < -0.4 is 5.32 Å². The number of fused-ring (bicyclic) bond motifs is 1. The Morgan fingerprint density at radius 3 is 2.79 bits per heavy atom. The molecule has 0 spiro atoms. The summed E-state index contributed by atoms with van der Waals surface area (Å²) in [7, 11) is 0. The van der Waals surface area contributed by atoms with Gasteiger partial charge < -0.3 is 10.1 Å². The number of hydrogen-bond acceptors (Lipinski definition) is 3. The van der Waals surface area contributed by atoms with Gasteiger partial charge in [-0.25, -0.2) is 0 Å². The molecule has 1 N–H and O–H groups in total. The number of ether oxygens (including phenoxy) is 1. The molecule has 1 aromatic carbocycles. The number of nitrogens with one attached hydrogen (secondary N) is 1. The summed E-state index contributed by atoms with van der Waals surface area (Å²) in [6.45, 7) is 9.10. The zero-order valence-corrected chi connectivity index (χ0v) is 12.8. The molecule has 2 aromatic rings. The highest BCUT2D eigenvalue weighted by atomic mass is 32.1. The van der Waals surface area contributed by atoms with Gasteiger partial charge in [0.25, 0.3) is 0 Å². The van der Waals surface area contributed by atoms with Crippen LogP contribution in [0.15, 0.2) is 24.3 Å². The first-order valence-corrected chi connectivity index (χ1v) is 7.85. The zero-order chi connectivity index (χ0) is 13.7. The molecular formula is C16H23NOS. The van der Waals surface area contributed by atoms with Crippen LogP contribution in [0.4, 0.5) is 0 Å². The van der Waals surface area contributed by atoms with Crippen molar-refractivity contribution < 1.29 is 4.74 Å². The van der Waals surface area contributed by atoms with Gasteiger partial charge in [0.05, 0.1) is 12.7 Å². The number of rotatable bonds is 7. The van der Waals surface area contributed by atoms with E-state index in [-0.39, 0.29) is 6.10 Å². The van der Waals surface area contributed by atoms with Crippen molar-refractivity contribution in [1.82, 2.24) is 5.32 Å². The van der Waals surface area contributed by atoms with Gasteiger partial charge in [-0.1, -0.05) is 25.1 Å². The van der Waals surface area contributed by atoms with Gasteiger partial charge in [0.1, 0.15) is 0 Å². The Morgan fingerprint density at radius 1 is 1.26 bits per heavy atom. The molecule has 1 heterocycles. The number of benzene rings is 1. The van der Waals surface area contributed by atoms with Crippen LogP contribution in [0, 0.1) is 0 Å². The lowest BCUT2D eigenvalue weighted by molar-refractivity contribution is 0.0661. The minimum absolute atomic E-state index is 0.273. The second-order valence-electron chi connectivity index (χ2n) is 5.04. The maximum absolute atomic E-state index is 5.82. The van der Waals surface area contributed by atoms with E-state index in [0.717, 1.165) is 13.1 Å². The molecule has 2 nitrogen and oxygen atoms in total. The summed E-state index contributed by atoms with van der Waals surface area (Å²) in [5, 5.41) is 4.84. The minimum atomic E-state index is 0.273. The normalized spacial score (nSPS) is 11.6. The summed E-state index contributed by atoms with van der Waals surface area (Å²) in [6, 6.07) is 8.61. The molecule has 0 amide bonds. The van der Waals surface area contributed by atoms with E-state index in [4.69, 9.17) is 4.74 Å². The third-order valence-corrected chi connectivity index (χ3v) is 4.27. The van der Waals surface area contributed by atoms with Crippen LogP contribution in [-0.4, -0.2) is 12.6 Å². The fraction of sp³-hybridized carbons (Fsp3) is 0.500. The number of thiophene rings is 1. The van der Waals surface area contributed by atoms with Crippen molar-refractivity contribution in [2.45, 2.75) is 46.4 Å². The molecule has 0 aliphatic carbocycles. The lowest BCUT2D eigenvalue weighted by Crippen LogP contribution is -2.14. The Bertz CT molecular complexity index is 518. The predicted octanol–water partition coefficient (Wildman–Crippen LogP) is 4.33. The summed E-state index contributed by atoms with van der Waals surface area (Å²) in [6.07, 6.45) is 1.44. The van der Waals surface area contributed by atoms with Crippen LogP contribution in [0.5, 0.6) is 0 Å². The standard InChI is InChI=1S/C16H23NOS/c1-4-9-17-10-16-14(11-18-12(2)3)13-7-5-6-8-15(13)19-16/h5-8,12,17H,4,9-11H2,1-3H3. The monoisotopic (exact) mass is 277 g/mol. The molecule has 0 saturated carbocycles. The van der Waals surface area contributed by atoms with Crippen molar-refractivity contribution in [3.05, 3.63) is 34.7 Å². The van der Waals surface area contributed by atoms with Crippen molar-refractivity contribution in [1.29, 1.82) is 0 Å². The average Bonchev–Trinajstić information content (AvgIpc) is 2.74. The van der Waals surface area contributed by atoms with E-state index >= 15 is 0 Å². The van der Waals surface area contributed by atoms with E-state index in [1.165, 1.54) is 26.9 Å². The highest BCUT2D eigenvalue weighted by Gasteiger charge is 2.12. The molecule has 0 aliphatic heterocycles. The summed E-state index contributed by atoms with van der Waals surface area (Å²) < 4.78 is 7.18. The Hall–Kier alpha value is -0.900. The van der Waals surface area contributed by atoms with E-state index in [1.807, 2.05) is 11.3 Å². The van der Waals surface area contributed by atoms with Crippen molar-refractivity contribution in [3.8, 4) is 0 Å². The van der Waals surface area contributed by atoms with Gasteiger partial charge in [-0.15, -0.1) is 11.3 Å². The lowest BCUT2D eigenvalue weighted by Gasteiger charge is -2.09. The lowest BCUT2D eigenvalue weighted by atomic mass is 10.1. The second-order valence-corrected chi connectivity index (χ2v) is 6.17. The second kappa shape index (κ2) is 7.04. The van der Waals surface area contributed by atoms with E-state index in [1.54, 1.807) is 0 Å². The van der Waals surface area contributed by atoms with Crippen LogP contribution in [0.25, 0.3) is 10.1 Å². The molecule has 104 valence electrons. The molecule has 19 heavy (non-hydrogen) atoms. The quantitative estimate of drug-likeness (QED) is 0.761. The Morgan fingerprint density at radius 2 is 2.05 bits per heavy atom. The van der Waals surface area contributed by atoms with Crippen molar-refractivity contribution in [3.63, 3.8) is 0 Å². The SMILES string of the molecule is CCCNCc1sc2ccccc2c1COC(C)C. The minimum Gasteiger partial charge on any atom is -0.374 e. The summed E-state index contributed by atoms with van der Waals surface area (Å²) >= 11 is 1.88. The average molecular weight is 277 g/mol. The molecule has 0 unspecified atom stereocenters. The van der Waals surface area contributed by atoms with E-state index in [9.17, 15) is 0 Å². The first-order chi connectivity index (χ1) is 9.22. The summed E-state index contributed by atoms with van der Waals surface area (Å²) in [5.41, 5.74) is 1.36. The van der Waals surface area contributed by atoms with Crippen molar-refractivity contribution in [2.24, 2.45) is 0 Å². The predicted molar refractivity (Wildman–Crippen MR) is 83.7 cm³/mol. The number of hydrogen-bond donors (Lipinski definition) is 1. The van der Waals surface area contributed by atoms with Gasteiger partial charge in [0.2, 0.25) is 0 Å². The Labute approximate surface area is 119 Å². The molecule has 0 fully saturated rings. The molecular weight excluding hydrogens is 254 g/mol. The van der Waals surface area contributed by atoms with Gasteiger partial charge in [0.15, 0.2) is 0 Å². The van der Waals surface area contributed by atoms with Gasteiger partial charge in [-0.2, -0.15) is 0 Å². The Kier molecular flexibility index (Phi) is 5.37. The van der Waals surface area contributed by atoms with Gasteiger partial charge in [-0.3, -0.25) is 0 Å². The maximum atomic E-state index is 5.82. The molecule has 0 radical (unpaired) electrons. The third kappa shape index (κ3) is 3.78. The highest BCUT2D eigenvalue weighted by molar-refractivity contribution is 7.19. The molecule has 0 atom stereocenters. The zero-order valence-electron chi connectivity index (χ0n) is 12.0. The van der Waals surface area contributed by atoms with Gasteiger partial charge >= 0.3 is 0 Å². The molecule has 0 bridgehead atoms. The molecule has 3 heteroatoms. The Balaban J connectivity index is 2.23. The third-order valence-electron chi connectivity index (χ3n) is 3.06. The molecule has 0 aliphatic rings. The van der Waals surface area contributed by atoms with E-state index in [0.29, 0.717) is 6.61 Å². The van der Waals surface area contributed by atoms with E-state index in [2.05, 4.69) is 50.4 Å². The van der Waals surface area contributed by atoms with E-state index < -0.39 is 0 Å². The first kappa shape index (κ1) is 14.5. The maximum Gasteiger partial charge on any atom is 0.0737 e.